The number of alkyl halides is 3. The van der Waals surface area contributed by atoms with Crippen LogP contribution >= 0.6 is 15.9 Å². The Bertz CT molecular complexity index is 602. The molecule has 0 heterocycles. The van der Waals surface area contributed by atoms with Gasteiger partial charge in [0.05, 0.1) is 11.3 Å². The number of halogens is 4. The summed E-state index contributed by atoms with van der Waals surface area (Å²) < 4.78 is 62.1. The molecule has 0 atom stereocenters. The first-order valence-electron chi connectivity index (χ1n) is 5.54. The fourth-order valence-electron chi connectivity index (χ4n) is 1.52. The Hall–Kier alpha value is -0.800. The van der Waals surface area contributed by atoms with Crippen molar-refractivity contribution in [2.45, 2.75) is 24.4 Å². The van der Waals surface area contributed by atoms with Gasteiger partial charge in [-0.2, -0.15) is 13.2 Å². The number of anilines is 1. The Balaban J connectivity index is 3.08. The Kier molecular flexibility index (Phi) is 5.09. The van der Waals surface area contributed by atoms with Crippen LogP contribution in [0, 0.1) is 6.92 Å². The van der Waals surface area contributed by atoms with E-state index in [9.17, 15) is 21.6 Å². The van der Waals surface area contributed by atoms with E-state index in [1.165, 1.54) is 12.1 Å². The summed E-state index contributed by atoms with van der Waals surface area (Å²) in [4.78, 5) is -0.0946. The molecule has 114 valence electrons. The van der Waals surface area contributed by atoms with Gasteiger partial charge in [-0.3, -0.25) is 0 Å². The summed E-state index contributed by atoms with van der Waals surface area (Å²) in [5.41, 5.74) is 6.23. The van der Waals surface area contributed by atoms with Crippen LogP contribution < -0.4 is 5.73 Å². The maximum Gasteiger partial charge on any atom is 0.390 e. The second-order valence-electron chi connectivity index (χ2n) is 4.33. The molecule has 0 aliphatic carbocycles. The summed E-state index contributed by atoms with van der Waals surface area (Å²) >= 11 is 3.16. The molecule has 0 bridgehead atoms. The molecule has 1 aromatic rings. The maximum absolute atomic E-state index is 12.2. The van der Waals surface area contributed by atoms with Crippen LogP contribution in [0.1, 0.15) is 12.0 Å². The Morgan fingerprint density at radius 2 is 1.90 bits per heavy atom. The highest BCUT2D eigenvalue weighted by Gasteiger charge is 2.31. The molecule has 0 aliphatic heterocycles. The molecule has 0 aliphatic rings. The molecule has 0 aromatic heterocycles. The summed E-state index contributed by atoms with van der Waals surface area (Å²) in [6.45, 7) is 0.913. The van der Waals surface area contributed by atoms with Gasteiger partial charge >= 0.3 is 6.18 Å². The average Bonchev–Trinajstić information content (AvgIpc) is 2.29. The molecular weight excluding hydrogens is 361 g/mol. The summed E-state index contributed by atoms with van der Waals surface area (Å²) in [6, 6.07) is 2.75. The molecule has 9 heteroatoms. The zero-order valence-corrected chi connectivity index (χ0v) is 13.2. The number of sulfonamides is 1. The third kappa shape index (κ3) is 4.10. The van der Waals surface area contributed by atoms with E-state index in [-0.39, 0.29) is 10.6 Å². The topological polar surface area (TPSA) is 63.4 Å². The van der Waals surface area contributed by atoms with Crippen molar-refractivity contribution in [2.24, 2.45) is 0 Å². The van der Waals surface area contributed by atoms with Crippen LogP contribution in [-0.2, 0) is 10.0 Å². The number of nitrogens with zero attached hydrogens (tertiary/aromatic N) is 1. The number of hydrogen-bond acceptors (Lipinski definition) is 3. The predicted molar refractivity (Wildman–Crippen MR) is 73.8 cm³/mol. The minimum absolute atomic E-state index is 0.0946. The van der Waals surface area contributed by atoms with Gasteiger partial charge in [0.2, 0.25) is 10.0 Å². The lowest BCUT2D eigenvalue weighted by atomic mass is 10.2. The van der Waals surface area contributed by atoms with E-state index in [0.29, 0.717) is 14.3 Å². The molecular formula is C11H14BrF3N2O2S. The highest BCUT2D eigenvalue weighted by molar-refractivity contribution is 9.10. The standard InChI is InChI=1S/C11H14BrF3N2O2S/c1-7-5-8(12)9(16)6-10(7)20(18,19)17(2)4-3-11(13,14)15/h5-6H,3-4,16H2,1-2H3. The number of aryl methyl sites for hydroxylation is 1. The molecule has 0 saturated carbocycles. The fraction of sp³-hybridized carbons (Fsp3) is 0.455. The van der Waals surface area contributed by atoms with Crippen molar-refractivity contribution < 1.29 is 21.6 Å². The van der Waals surface area contributed by atoms with Gasteiger partial charge in [0.1, 0.15) is 0 Å². The van der Waals surface area contributed by atoms with E-state index >= 15 is 0 Å². The Morgan fingerprint density at radius 3 is 2.40 bits per heavy atom. The zero-order chi connectivity index (χ0) is 15.7. The molecule has 1 rings (SSSR count). The van der Waals surface area contributed by atoms with Crippen molar-refractivity contribution in [3.8, 4) is 0 Å². The summed E-state index contributed by atoms with van der Waals surface area (Å²) in [7, 11) is -2.89. The second kappa shape index (κ2) is 5.90. The Morgan fingerprint density at radius 1 is 1.35 bits per heavy atom. The van der Waals surface area contributed by atoms with Gasteiger partial charge < -0.3 is 5.73 Å². The lowest BCUT2D eigenvalue weighted by molar-refractivity contribution is -0.135. The first kappa shape index (κ1) is 17.3. The Labute approximate surface area is 123 Å². The predicted octanol–water partition coefficient (Wildman–Crippen LogP) is 2.91. The fourth-order valence-corrected chi connectivity index (χ4v) is 3.39. The zero-order valence-electron chi connectivity index (χ0n) is 10.8. The molecule has 0 radical (unpaired) electrons. The van der Waals surface area contributed by atoms with E-state index in [4.69, 9.17) is 5.73 Å². The molecule has 0 spiro atoms. The van der Waals surface area contributed by atoms with Crippen molar-refractivity contribution in [2.75, 3.05) is 19.3 Å². The largest absolute Gasteiger partial charge is 0.398 e. The van der Waals surface area contributed by atoms with Crippen LogP contribution in [0.4, 0.5) is 18.9 Å². The summed E-state index contributed by atoms with van der Waals surface area (Å²) in [5.74, 6) is 0. The van der Waals surface area contributed by atoms with Gasteiger partial charge in [-0.05, 0) is 40.5 Å². The van der Waals surface area contributed by atoms with Crippen LogP contribution in [-0.4, -0.2) is 32.5 Å². The third-order valence-electron chi connectivity index (χ3n) is 2.69. The lowest BCUT2D eigenvalue weighted by Crippen LogP contribution is -2.31. The second-order valence-corrected chi connectivity index (χ2v) is 7.20. The van der Waals surface area contributed by atoms with Crippen molar-refractivity contribution in [3.05, 3.63) is 22.2 Å². The monoisotopic (exact) mass is 374 g/mol. The normalized spacial score (nSPS) is 12.9. The first-order chi connectivity index (χ1) is 8.95. The number of hydrogen-bond donors (Lipinski definition) is 1. The van der Waals surface area contributed by atoms with Crippen molar-refractivity contribution >= 4 is 31.6 Å². The maximum atomic E-state index is 12.2. The molecule has 2 N–H and O–H groups in total. The SMILES string of the molecule is Cc1cc(Br)c(N)cc1S(=O)(=O)N(C)CCC(F)(F)F. The highest BCUT2D eigenvalue weighted by Crippen LogP contribution is 2.29. The molecule has 0 fully saturated rings. The average molecular weight is 375 g/mol. The smallest absolute Gasteiger partial charge is 0.390 e. The number of nitrogens with two attached hydrogens (primary N) is 1. The molecule has 1 aromatic carbocycles. The van der Waals surface area contributed by atoms with Gasteiger partial charge in [-0.25, -0.2) is 12.7 Å². The van der Waals surface area contributed by atoms with E-state index in [1.807, 2.05) is 0 Å². The van der Waals surface area contributed by atoms with Gasteiger partial charge in [-0.1, -0.05) is 0 Å². The van der Waals surface area contributed by atoms with Crippen molar-refractivity contribution in [1.82, 2.24) is 4.31 Å². The van der Waals surface area contributed by atoms with Crippen LogP contribution in [0.25, 0.3) is 0 Å². The van der Waals surface area contributed by atoms with Crippen LogP contribution in [0.3, 0.4) is 0 Å². The quantitative estimate of drug-likeness (QED) is 0.824. The number of rotatable bonds is 4. The van der Waals surface area contributed by atoms with Crippen LogP contribution in [0.15, 0.2) is 21.5 Å². The van der Waals surface area contributed by atoms with Crippen LogP contribution in [0.5, 0.6) is 0 Å². The lowest BCUT2D eigenvalue weighted by Gasteiger charge is -2.19. The van der Waals surface area contributed by atoms with Gasteiger partial charge in [0.25, 0.3) is 0 Å². The summed E-state index contributed by atoms with van der Waals surface area (Å²) in [6.07, 6.45) is -5.61. The van der Waals surface area contributed by atoms with Gasteiger partial charge in [-0.15, -0.1) is 0 Å². The molecule has 0 unspecified atom stereocenters. The molecule has 20 heavy (non-hydrogen) atoms. The highest BCUT2D eigenvalue weighted by atomic mass is 79.9. The minimum Gasteiger partial charge on any atom is -0.398 e. The first-order valence-corrected chi connectivity index (χ1v) is 7.77. The molecule has 4 nitrogen and oxygen atoms in total. The summed E-state index contributed by atoms with van der Waals surface area (Å²) in [5, 5.41) is 0. The minimum atomic E-state index is -4.41. The van der Waals surface area contributed by atoms with Gasteiger partial charge in [0.15, 0.2) is 0 Å². The van der Waals surface area contributed by atoms with E-state index in [2.05, 4.69) is 15.9 Å². The van der Waals surface area contributed by atoms with E-state index in [0.717, 1.165) is 7.05 Å². The van der Waals surface area contributed by atoms with E-state index < -0.39 is 29.2 Å². The number of benzene rings is 1. The third-order valence-corrected chi connectivity index (χ3v) is 5.38. The van der Waals surface area contributed by atoms with Crippen molar-refractivity contribution in [1.29, 1.82) is 0 Å². The van der Waals surface area contributed by atoms with E-state index in [1.54, 1.807) is 6.92 Å². The number of nitrogen functional groups attached to an aromatic ring is 1. The molecule has 0 amide bonds. The van der Waals surface area contributed by atoms with Crippen molar-refractivity contribution in [3.63, 3.8) is 0 Å². The molecule has 0 saturated heterocycles. The van der Waals surface area contributed by atoms with Gasteiger partial charge in [0, 0.05) is 23.8 Å². The van der Waals surface area contributed by atoms with Crippen LogP contribution in [0.2, 0.25) is 0 Å².